The van der Waals surface area contributed by atoms with E-state index in [2.05, 4.69) is 13.3 Å². The summed E-state index contributed by atoms with van der Waals surface area (Å²) in [7, 11) is 0. The van der Waals surface area contributed by atoms with E-state index in [-0.39, 0.29) is 34.3 Å². The van der Waals surface area contributed by atoms with Gasteiger partial charge in [-0.1, -0.05) is 0 Å². The molecule has 134 valence electrons. The molecule has 3 N–H and O–H groups in total. The molecule has 0 radical (unpaired) electrons. The van der Waals surface area contributed by atoms with E-state index in [4.69, 9.17) is 15.3 Å². The molecule has 25 heavy (non-hydrogen) atoms. The van der Waals surface area contributed by atoms with Gasteiger partial charge in [0.1, 0.15) is 18.8 Å². The summed E-state index contributed by atoms with van der Waals surface area (Å²) >= 11 is 0. The molecule has 0 saturated heterocycles. The molecule has 0 spiro atoms. The van der Waals surface area contributed by atoms with Crippen molar-refractivity contribution in [3.05, 3.63) is 86.4 Å². The Hall–Kier alpha value is -3.23. The predicted octanol–water partition coefficient (Wildman–Crippen LogP) is 1.03. The Labute approximate surface area is 149 Å². The van der Waals surface area contributed by atoms with Crippen LogP contribution in [0, 0.1) is 0 Å². The van der Waals surface area contributed by atoms with Crippen molar-refractivity contribution in [1.82, 2.24) is 0 Å². The summed E-state index contributed by atoms with van der Waals surface area (Å²) in [6, 6.07) is 3.44. The minimum Gasteiger partial charge on any atom is -0.502 e. The van der Waals surface area contributed by atoms with Crippen molar-refractivity contribution in [2.45, 2.75) is 0 Å². The van der Waals surface area contributed by atoms with Gasteiger partial charge in [0.15, 0.2) is 17.2 Å². The zero-order valence-electron chi connectivity index (χ0n) is 12.3. The predicted molar refractivity (Wildman–Crippen MR) is 79.9 cm³/mol. The molecule has 0 aliphatic rings. The third kappa shape index (κ3) is 8.26. The second kappa shape index (κ2) is 11.3. The molecule has 0 bridgehead atoms. The SMILES string of the molecule is O=c1ccocc1O.O=c1ccocc1O.O=c1ccocc1O.[Fe]. The van der Waals surface area contributed by atoms with Crippen molar-refractivity contribution in [2.75, 3.05) is 0 Å². The van der Waals surface area contributed by atoms with Crippen molar-refractivity contribution in [1.29, 1.82) is 0 Å². The van der Waals surface area contributed by atoms with Crippen LogP contribution in [0.2, 0.25) is 0 Å². The molecule has 3 heterocycles. The van der Waals surface area contributed by atoms with Crippen LogP contribution < -0.4 is 16.3 Å². The van der Waals surface area contributed by atoms with Crippen LogP contribution in [0.5, 0.6) is 17.2 Å². The van der Waals surface area contributed by atoms with E-state index >= 15 is 0 Å². The molecule has 0 aliphatic carbocycles. The third-order valence-corrected chi connectivity index (χ3v) is 2.19. The summed E-state index contributed by atoms with van der Waals surface area (Å²) in [6.45, 7) is 0. The van der Waals surface area contributed by atoms with Crippen molar-refractivity contribution in [3.8, 4) is 17.2 Å². The van der Waals surface area contributed by atoms with Gasteiger partial charge < -0.3 is 28.6 Å². The molecule has 3 aromatic rings. The molecule has 0 amide bonds. The van der Waals surface area contributed by atoms with Gasteiger partial charge in [0.05, 0.1) is 18.8 Å². The molecule has 10 heteroatoms. The molecule has 0 unspecified atom stereocenters. The summed E-state index contributed by atoms with van der Waals surface area (Å²) < 4.78 is 13.3. The first kappa shape index (κ1) is 21.8. The molecule has 0 aromatic carbocycles. The van der Waals surface area contributed by atoms with Crippen LogP contribution in [0.15, 0.2) is 83.4 Å². The van der Waals surface area contributed by atoms with Crippen LogP contribution >= 0.6 is 0 Å². The molecule has 9 nitrogen and oxygen atoms in total. The maximum atomic E-state index is 10.3. The molecule has 0 aliphatic heterocycles. The fourth-order valence-electron chi connectivity index (χ4n) is 1.04. The average molecular weight is 392 g/mol. The molecule has 0 fully saturated rings. The largest absolute Gasteiger partial charge is 0.502 e. The second-order valence-corrected chi connectivity index (χ2v) is 3.92. The first-order chi connectivity index (χ1) is 11.4. The summed E-state index contributed by atoms with van der Waals surface area (Å²) in [6.07, 6.45) is 6.60. The number of hydrogen-bond donors (Lipinski definition) is 3. The second-order valence-electron chi connectivity index (χ2n) is 3.92. The molecular formula is C15H12FeO9. The zero-order chi connectivity index (χ0) is 17.9. The van der Waals surface area contributed by atoms with Gasteiger partial charge in [-0.3, -0.25) is 14.4 Å². The smallest absolute Gasteiger partial charge is 0.226 e. The Morgan fingerprint density at radius 1 is 0.560 bits per heavy atom. The number of rotatable bonds is 0. The van der Waals surface area contributed by atoms with Crippen LogP contribution in [0.1, 0.15) is 0 Å². The van der Waals surface area contributed by atoms with Crippen LogP contribution in [0.3, 0.4) is 0 Å². The van der Waals surface area contributed by atoms with Gasteiger partial charge in [0.2, 0.25) is 16.3 Å². The standard InChI is InChI=1S/3C5H4O3.Fe/c3*6-4-1-2-8-3-5(4)7;/h3*1-3,7H;. The Bertz CT molecular complexity index is 804. The van der Waals surface area contributed by atoms with Gasteiger partial charge >= 0.3 is 0 Å². The molecule has 0 atom stereocenters. The minimum atomic E-state index is -0.420. The van der Waals surface area contributed by atoms with Crippen LogP contribution in [-0.2, 0) is 17.1 Å². The van der Waals surface area contributed by atoms with Gasteiger partial charge in [0.25, 0.3) is 0 Å². The molecule has 0 saturated carbocycles. The fourth-order valence-corrected chi connectivity index (χ4v) is 1.04. The quantitative estimate of drug-likeness (QED) is 0.477. The van der Waals surface area contributed by atoms with Crippen LogP contribution in [0.25, 0.3) is 0 Å². The molecular weight excluding hydrogens is 380 g/mol. The van der Waals surface area contributed by atoms with E-state index < -0.39 is 16.3 Å². The number of hydrogen-bond acceptors (Lipinski definition) is 9. The van der Waals surface area contributed by atoms with Gasteiger partial charge in [0, 0.05) is 35.3 Å². The Kier molecular flexibility index (Phi) is 9.86. The Morgan fingerprint density at radius 3 is 0.920 bits per heavy atom. The van der Waals surface area contributed by atoms with Crippen LogP contribution in [-0.4, -0.2) is 15.3 Å². The third-order valence-electron chi connectivity index (χ3n) is 2.19. The summed E-state index contributed by atoms with van der Waals surface area (Å²) in [4.78, 5) is 30.9. The van der Waals surface area contributed by atoms with E-state index in [1.165, 1.54) is 18.8 Å². The summed E-state index contributed by atoms with van der Waals surface area (Å²) in [5, 5.41) is 25.5. The van der Waals surface area contributed by atoms with E-state index in [0.717, 1.165) is 37.0 Å². The monoisotopic (exact) mass is 392 g/mol. The van der Waals surface area contributed by atoms with Gasteiger partial charge in [-0.15, -0.1) is 0 Å². The van der Waals surface area contributed by atoms with E-state index in [1.807, 2.05) is 0 Å². The summed E-state index contributed by atoms with van der Waals surface area (Å²) in [5.74, 6) is -1.06. The first-order valence-electron chi connectivity index (χ1n) is 6.18. The van der Waals surface area contributed by atoms with Gasteiger partial charge in [-0.2, -0.15) is 0 Å². The van der Waals surface area contributed by atoms with E-state index in [1.54, 1.807) is 0 Å². The molecule has 3 aromatic heterocycles. The zero-order valence-corrected chi connectivity index (χ0v) is 13.4. The maximum absolute atomic E-state index is 10.3. The molecule has 3 rings (SSSR count). The van der Waals surface area contributed by atoms with E-state index in [9.17, 15) is 14.4 Å². The topological polar surface area (TPSA) is 151 Å². The summed E-state index contributed by atoms with van der Waals surface area (Å²) in [5.41, 5.74) is -1.26. The Balaban J connectivity index is 0.000000339. The fraction of sp³-hybridized carbons (Fsp3) is 0. The average Bonchev–Trinajstić information content (AvgIpc) is 2.57. The number of aromatic hydroxyl groups is 3. The van der Waals surface area contributed by atoms with Crippen LogP contribution in [0.4, 0.5) is 0 Å². The maximum Gasteiger partial charge on any atom is 0.226 e. The van der Waals surface area contributed by atoms with Gasteiger partial charge in [-0.05, 0) is 0 Å². The Morgan fingerprint density at radius 2 is 0.800 bits per heavy atom. The van der Waals surface area contributed by atoms with E-state index in [0.29, 0.717) is 0 Å². The van der Waals surface area contributed by atoms with Crippen molar-refractivity contribution in [2.24, 2.45) is 0 Å². The first-order valence-corrected chi connectivity index (χ1v) is 6.18. The van der Waals surface area contributed by atoms with Crippen molar-refractivity contribution < 1.29 is 45.6 Å². The normalized spacial score (nSPS) is 8.64. The van der Waals surface area contributed by atoms with Crippen molar-refractivity contribution in [3.63, 3.8) is 0 Å². The van der Waals surface area contributed by atoms with Crippen molar-refractivity contribution >= 4 is 0 Å². The van der Waals surface area contributed by atoms with Gasteiger partial charge in [-0.25, -0.2) is 0 Å². The minimum absolute atomic E-state index is 0.